The molecule has 5 heteroatoms. The van der Waals surface area contributed by atoms with Crippen LogP contribution in [0.3, 0.4) is 0 Å². The molecule has 0 amide bonds. The van der Waals surface area contributed by atoms with Crippen LogP contribution >= 0.6 is 27.5 Å². The number of rotatable bonds is 4. The van der Waals surface area contributed by atoms with Crippen molar-refractivity contribution in [2.24, 2.45) is 5.73 Å². The van der Waals surface area contributed by atoms with E-state index in [1.807, 2.05) is 6.07 Å². The van der Waals surface area contributed by atoms with Gasteiger partial charge in [0.2, 0.25) is 0 Å². The van der Waals surface area contributed by atoms with Gasteiger partial charge in [-0.3, -0.25) is 0 Å². The Morgan fingerprint density at radius 1 is 1.21 bits per heavy atom. The number of halogens is 3. The minimum atomic E-state index is -0.323. The first kappa shape index (κ1) is 14.3. The molecule has 100 valence electrons. The standard InChI is InChI=1S/C14H12BrClFNO/c15-11-3-4-14(12(16)6-11)19-8-10-2-1-9(7-18)5-13(10)17/h1-6H,7-8,18H2. The number of hydrogen-bond acceptors (Lipinski definition) is 2. The van der Waals surface area contributed by atoms with Gasteiger partial charge in [-0.2, -0.15) is 0 Å². The molecule has 0 aliphatic heterocycles. The zero-order chi connectivity index (χ0) is 13.8. The van der Waals surface area contributed by atoms with Gasteiger partial charge >= 0.3 is 0 Å². The van der Waals surface area contributed by atoms with E-state index in [1.165, 1.54) is 6.07 Å². The van der Waals surface area contributed by atoms with Crippen LogP contribution in [-0.4, -0.2) is 0 Å². The van der Waals surface area contributed by atoms with Crippen molar-refractivity contribution in [3.05, 3.63) is 62.8 Å². The van der Waals surface area contributed by atoms with E-state index in [2.05, 4.69) is 15.9 Å². The predicted octanol–water partition coefficient (Wildman–Crippen LogP) is 4.28. The summed E-state index contributed by atoms with van der Waals surface area (Å²) in [6.45, 7) is 0.439. The fourth-order valence-corrected chi connectivity index (χ4v) is 2.31. The third-order valence-corrected chi connectivity index (χ3v) is 3.42. The van der Waals surface area contributed by atoms with Crippen LogP contribution in [0.25, 0.3) is 0 Å². The van der Waals surface area contributed by atoms with Gasteiger partial charge in [0.05, 0.1) is 5.02 Å². The quantitative estimate of drug-likeness (QED) is 0.898. The van der Waals surface area contributed by atoms with Gasteiger partial charge in [0.15, 0.2) is 0 Å². The van der Waals surface area contributed by atoms with Crippen molar-refractivity contribution in [3.8, 4) is 5.75 Å². The van der Waals surface area contributed by atoms with Gasteiger partial charge in [-0.15, -0.1) is 0 Å². The van der Waals surface area contributed by atoms with Crippen molar-refractivity contribution in [2.75, 3.05) is 0 Å². The highest BCUT2D eigenvalue weighted by atomic mass is 79.9. The summed E-state index contributed by atoms with van der Waals surface area (Å²) in [6, 6.07) is 10.1. The molecule has 2 nitrogen and oxygen atoms in total. The molecule has 2 N–H and O–H groups in total. The smallest absolute Gasteiger partial charge is 0.138 e. The largest absolute Gasteiger partial charge is 0.487 e. The van der Waals surface area contributed by atoms with Gasteiger partial charge in [0.1, 0.15) is 18.2 Å². The Bertz CT molecular complexity index is 592. The lowest BCUT2D eigenvalue weighted by Crippen LogP contribution is -2.02. The Kier molecular flexibility index (Phi) is 4.80. The van der Waals surface area contributed by atoms with E-state index in [-0.39, 0.29) is 12.4 Å². The highest BCUT2D eigenvalue weighted by Crippen LogP contribution is 2.28. The molecular weight excluding hydrogens is 333 g/mol. The number of benzene rings is 2. The second-order valence-electron chi connectivity index (χ2n) is 3.99. The van der Waals surface area contributed by atoms with Gasteiger partial charge in [-0.1, -0.05) is 39.7 Å². The summed E-state index contributed by atoms with van der Waals surface area (Å²) in [5.41, 5.74) is 6.67. The van der Waals surface area contributed by atoms with Gasteiger partial charge in [-0.25, -0.2) is 4.39 Å². The predicted molar refractivity (Wildman–Crippen MR) is 77.8 cm³/mol. The molecule has 0 heterocycles. The summed E-state index contributed by atoms with van der Waals surface area (Å²) in [7, 11) is 0. The fourth-order valence-electron chi connectivity index (χ4n) is 1.58. The summed E-state index contributed by atoms with van der Waals surface area (Å²) in [4.78, 5) is 0. The molecule has 0 saturated carbocycles. The van der Waals surface area contributed by atoms with E-state index >= 15 is 0 Å². The summed E-state index contributed by atoms with van der Waals surface area (Å²) < 4.78 is 20.1. The van der Waals surface area contributed by atoms with Crippen LogP contribution in [0.2, 0.25) is 5.02 Å². The molecule has 0 radical (unpaired) electrons. The molecule has 2 aromatic rings. The van der Waals surface area contributed by atoms with E-state index in [9.17, 15) is 4.39 Å². The lowest BCUT2D eigenvalue weighted by Gasteiger charge is -2.09. The third kappa shape index (κ3) is 3.69. The highest BCUT2D eigenvalue weighted by Gasteiger charge is 2.06. The Morgan fingerprint density at radius 2 is 2.00 bits per heavy atom. The van der Waals surface area contributed by atoms with Gasteiger partial charge < -0.3 is 10.5 Å². The monoisotopic (exact) mass is 343 g/mol. The summed E-state index contributed by atoms with van der Waals surface area (Å²) in [5.74, 6) is 0.198. The molecule has 19 heavy (non-hydrogen) atoms. The summed E-state index contributed by atoms with van der Waals surface area (Å²) in [5, 5.41) is 0.480. The molecule has 0 fully saturated rings. The number of ether oxygens (including phenoxy) is 1. The molecule has 2 rings (SSSR count). The minimum Gasteiger partial charge on any atom is -0.487 e. The van der Waals surface area contributed by atoms with E-state index < -0.39 is 0 Å². The van der Waals surface area contributed by atoms with Crippen LogP contribution in [0.1, 0.15) is 11.1 Å². The SMILES string of the molecule is NCc1ccc(COc2ccc(Br)cc2Cl)c(F)c1. The van der Waals surface area contributed by atoms with Crippen LogP contribution in [0.15, 0.2) is 40.9 Å². The maximum absolute atomic E-state index is 13.7. The molecule has 0 aromatic heterocycles. The molecule has 0 unspecified atom stereocenters. The first-order chi connectivity index (χ1) is 9.10. The highest BCUT2D eigenvalue weighted by molar-refractivity contribution is 9.10. The third-order valence-electron chi connectivity index (χ3n) is 2.63. The van der Waals surface area contributed by atoms with Crippen molar-refractivity contribution >= 4 is 27.5 Å². The normalized spacial score (nSPS) is 10.5. The van der Waals surface area contributed by atoms with Gasteiger partial charge in [0, 0.05) is 16.6 Å². The van der Waals surface area contributed by atoms with Crippen LogP contribution in [0.4, 0.5) is 4.39 Å². The molecule has 2 aromatic carbocycles. The minimum absolute atomic E-state index is 0.123. The topological polar surface area (TPSA) is 35.2 Å². The first-order valence-corrected chi connectivity index (χ1v) is 6.82. The van der Waals surface area contributed by atoms with E-state index in [0.29, 0.717) is 22.9 Å². The van der Waals surface area contributed by atoms with Crippen molar-refractivity contribution < 1.29 is 9.13 Å². The summed E-state index contributed by atoms with van der Waals surface area (Å²) >= 11 is 9.33. The van der Waals surface area contributed by atoms with Crippen LogP contribution in [-0.2, 0) is 13.2 Å². The Hall–Kier alpha value is -1.10. The molecule has 0 bridgehead atoms. The van der Waals surface area contributed by atoms with Crippen molar-refractivity contribution in [3.63, 3.8) is 0 Å². The van der Waals surface area contributed by atoms with E-state index in [4.69, 9.17) is 22.1 Å². The van der Waals surface area contributed by atoms with Gasteiger partial charge in [0.25, 0.3) is 0 Å². The molecular formula is C14H12BrClFNO. The second-order valence-corrected chi connectivity index (χ2v) is 5.32. The first-order valence-electron chi connectivity index (χ1n) is 5.65. The average Bonchev–Trinajstić information content (AvgIpc) is 2.39. The lowest BCUT2D eigenvalue weighted by molar-refractivity contribution is 0.300. The molecule has 0 atom stereocenters. The maximum atomic E-state index is 13.7. The van der Waals surface area contributed by atoms with Crippen molar-refractivity contribution in [1.29, 1.82) is 0 Å². The average molecular weight is 345 g/mol. The summed E-state index contributed by atoms with van der Waals surface area (Å²) in [6.07, 6.45) is 0. The molecule has 0 aliphatic carbocycles. The molecule has 0 saturated heterocycles. The number of hydrogen-bond donors (Lipinski definition) is 1. The molecule has 0 spiro atoms. The Labute approximate surface area is 124 Å². The van der Waals surface area contributed by atoms with E-state index in [0.717, 1.165) is 10.0 Å². The molecule has 0 aliphatic rings. The maximum Gasteiger partial charge on any atom is 0.138 e. The van der Waals surface area contributed by atoms with Gasteiger partial charge in [-0.05, 0) is 29.8 Å². The number of nitrogens with two attached hydrogens (primary N) is 1. The zero-order valence-electron chi connectivity index (χ0n) is 10.00. The Morgan fingerprint density at radius 3 is 2.63 bits per heavy atom. The zero-order valence-corrected chi connectivity index (χ0v) is 12.3. The van der Waals surface area contributed by atoms with Crippen LogP contribution in [0, 0.1) is 5.82 Å². The Balaban J connectivity index is 2.10. The lowest BCUT2D eigenvalue weighted by atomic mass is 10.1. The van der Waals surface area contributed by atoms with Crippen LogP contribution < -0.4 is 10.5 Å². The van der Waals surface area contributed by atoms with Crippen molar-refractivity contribution in [2.45, 2.75) is 13.2 Å². The fraction of sp³-hybridized carbons (Fsp3) is 0.143. The van der Waals surface area contributed by atoms with E-state index in [1.54, 1.807) is 24.3 Å². The second kappa shape index (κ2) is 6.37. The van der Waals surface area contributed by atoms with Crippen LogP contribution in [0.5, 0.6) is 5.75 Å². The van der Waals surface area contributed by atoms with Crippen molar-refractivity contribution in [1.82, 2.24) is 0 Å².